The van der Waals surface area contributed by atoms with Crippen molar-refractivity contribution in [3.05, 3.63) is 41.6 Å². The van der Waals surface area contributed by atoms with Gasteiger partial charge in [0.15, 0.2) is 5.82 Å². The number of sulfonamides is 1. The first-order valence-corrected chi connectivity index (χ1v) is 8.57. The Balaban J connectivity index is 2.17. The molecule has 0 unspecified atom stereocenters. The van der Waals surface area contributed by atoms with Crippen LogP contribution < -0.4 is 4.72 Å². The molecule has 0 aliphatic carbocycles. The Morgan fingerprint density at radius 1 is 1.24 bits per heavy atom. The number of aromatic nitrogens is 2. The summed E-state index contributed by atoms with van der Waals surface area (Å²) in [5.41, 5.74) is 2.03. The average molecular weight is 307 g/mol. The molecule has 1 aromatic heterocycles. The Kier molecular flexibility index (Phi) is 4.67. The van der Waals surface area contributed by atoms with Crippen LogP contribution in [0, 0.1) is 0 Å². The van der Waals surface area contributed by atoms with Gasteiger partial charge >= 0.3 is 0 Å². The molecule has 0 saturated heterocycles. The molecule has 0 radical (unpaired) electrons. The lowest BCUT2D eigenvalue weighted by Crippen LogP contribution is -2.13. The molecule has 0 spiro atoms. The summed E-state index contributed by atoms with van der Waals surface area (Å²) in [4.78, 5) is 0.247. The summed E-state index contributed by atoms with van der Waals surface area (Å²) >= 11 is 0. The zero-order valence-electron chi connectivity index (χ0n) is 12.6. The number of H-pyrrole nitrogens is 1. The number of anilines is 1. The van der Waals surface area contributed by atoms with Gasteiger partial charge in [0.2, 0.25) is 0 Å². The highest BCUT2D eigenvalue weighted by Gasteiger charge is 2.16. The Morgan fingerprint density at radius 3 is 2.43 bits per heavy atom. The van der Waals surface area contributed by atoms with Crippen LogP contribution in [-0.4, -0.2) is 18.6 Å². The molecule has 0 aliphatic rings. The fourth-order valence-corrected chi connectivity index (χ4v) is 3.00. The molecule has 6 heteroatoms. The molecule has 1 aromatic carbocycles. The molecule has 0 amide bonds. The first kappa shape index (κ1) is 15.6. The third-order valence-electron chi connectivity index (χ3n) is 3.23. The normalized spacial score (nSPS) is 11.8. The SMILES string of the molecule is CCCc1ccc(S(=O)(=O)Nc2cc(C(C)C)[nH]n2)cc1. The molecule has 0 fully saturated rings. The van der Waals surface area contributed by atoms with Crippen LogP contribution in [0.4, 0.5) is 5.82 Å². The molecule has 2 rings (SSSR count). The first-order valence-electron chi connectivity index (χ1n) is 7.09. The standard InChI is InChI=1S/C15H21N3O2S/c1-4-5-12-6-8-13(9-7-12)21(19,20)18-15-10-14(11(2)3)16-17-15/h6-11H,4-5H2,1-3H3,(H2,16,17,18). The number of nitrogens with zero attached hydrogens (tertiary/aromatic N) is 1. The largest absolute Gasteiger partial charge is 0.280 e. The van der Waals surface area contributed by atoms with Crippen molar-refractivity contribution in [2.75, 3.05) is 4.72 Å². The lowest BCUT2D eigenvalue weighted by molar-refractivity contribution is 0.601. The molecule has 0 bridgehead atoms. The van der Waals surface area contributed by atoms with E-state index in [2.05, 4.69) is 21.8 Å². The van der Waals surface area contributed by atoms with Crippen molar-refractivity contribution in [3.63, 3.8) is 0 Å². The maximum absolute atomic E-state index is 12.3. The van der Waals surface area contributed by atoms with Crippen molar-refractivity contribution in [2.45, 2.75) is 44.4 Å². The van der Waals surface area contributed by atoms with Gasteiger partial charge < -0.3 is 0 Å². The van der Waals surface area contributed by atoms with Crippen LogP contribution in [-0.2, 0) is 16.4 Å². The highest BCUT2D eigenvalue weighted by molar-refractivity contribution is 7.92. The predicted molar refractivity (Wildman–Crippen MR) is 83.9 cm³/mol. The molecule has 0 saturated carbocycles. The number of nitrogens with one attached hydrogen (secondary N) is 2. The van der Waals surface area contributed by atoms with Crippen LogP contribution in [0.1, 0.15) is 44.4 Å². The summed E-state index contributed by atoms with van der Waals surface area (Å²) in [5, 5.41) is 6.81. The Bertz CT molecular complexity index is 688. The van der Waals surface area contributed by atoms with Crippen LogP contribution in [0.3, 0.4) is 0 Å². The van der Waals surface area contributed by atoms with Crippen LogP contribution in [0.5, 0.6) is 0 Å². The van der Waals surface area contributed by atoms with Crippen molar-refractivity contribution in [1.29, 1.82) is 0 Å². The van der Waals surface area contributed by atoms with E-state index < -0.39 is 10.0 Å². The van der Waals surface area contributed by atoms with Gasteiger partial charge in [0.1, 0.15) is 0 Å². The van der Waals surface area contributed by atoms with Gasteiger partial charge in [-0.25, -0.2) is 8.42 Å². The second-order valence-corrected chi connectivity index (χ2v) is 7.05. The minimum absolute atomic E-state index is 0.247. The minimum atomic E-state index is -3.59. The number of aromatic amines is 1. The molecule has 114 valence electrons. The summed E-state index contributed by atoms with van der Waals surface area (Å²) < 4.78 is 27.1. The Morgan fingerprint density at radius 2 is 1.90 bits per heavy atom. The minimum Gasteiger partial charge on any atom is -0.280 e. The van der Waals surface area contributed by atoms with Gasteiger partial charge in [0.05, 0.1) is 4.90 Å². The van der Waals surface area contributed by atoms with Gasteiger partial charge in [-0.1, -0.05) is 39.3 Å². The lowest BCUT2D eigenvalue weighted by atomic mass is 10.1. The van der Waals surface area contributed by atoms with E-state index in [1.807, 2.05) is 26.0 Å². The number of hydrogen-bond acceptors (Lipinski definition) is 3. The average Bonchev–Trinajstić information content (AvgIpc) is 2.88. The highest BCUT2D eigenvalue weighted by atomic mass is 32.2. The smallest absolute Gasteiger partial charge is 0.263 e. The third kappa shape index (κ3) is 3.85. The van der Waals surface area contributed by atoms with Gasteiger partial charge in [-0.15, -0.1) is 0 Å². The molecule has 1 heterocycles. The van der Waals surface area contributed by atoms with Gasteiger partial charge in [-0.05, 0) is 30.0 Å². The van der Waals surface area contributed by atoms with Crippen molar-refractivity contribution in [3.8, 4) is 0 Å². The van der Waals surface area contributed by atoms with E-state index in [-0.39, 0.29) is 10.8 Å². The number of rotatable bonds is 6. The predicted octanol–water partition coefficient (Wildman–Crippen LogP) is 3.29. The molecular formula is C15H21N3O2S. The molecule has 2 aromatic rings. The number of aryl methyl sites for hydroxylation is 1. The monoisotopic (exact) mass is 307 g/mol. The second-order valence-electron chi connectivity index (χ2n) is 5.36. The van der Waals surface area contributed by atoms with Crippen molar-refractivity contribution < 1.29 is 8.42 Å². The topological polar surface area (TPSA) is 74.8 Å². The second kappa shape index (κ2) is 6.30. The van der Waals surface area contributed by atoms with E-state index in [0.717, 1.165) is 24.1 Å². The van der Waals surface area contributed by atoms with E-state index in [1.165, 1.54) is 0 Å². The van der Waals surface area contributed by atoms with Crippen molar-refractivity contribution in [2.24, 2.45) is 0 Å². The van der Waals surface area contributed by atoms with E-state index in [1.54, 1.807) is 18.2 Å². The maximum atomic E-state index is 12.3. The molecular weight excluding hydrogens is 286 g/mol. The number of benzene rings is 1. The van der Waals surface area contributed by atoms with Gasteiger partial charge in [-0.2, -0.15) is 5.10 Å². The quantitative estimate of drug-likeness (QED) is 0.860. The summed E-state index contributed by atoms with van der Waals surface area (Å²) in [5.74, 6) is 0.584. The maximum Gasteiger partial charge on any atom is 0.263 e. The van der Waals surface area contributed by atoms with Crippen LogP contribution >= 0.6 is 0 Å². The number of hydrogen-bond donors (Lipinski definition) is 2. The van der Waals surface area contributed by atoms with E-state index in [4.69, 9.17) is 0 Å². The summed E-state index contributed by atoms with van der Waals surface area (Å²) in [6.45, 7) is 6.12. The van der Waals surface area contributed by atoms with E-state index >= 15 is 0 Å². The summed E-state index contributed by atoms with van der Waals surface area (Å²) in [7, 11) is -3.59. The van der Waals surface area contributed by atoms with Gasteiger partial charge in [-0.3, -0.25) is 9.82 Å². The van der Waals surface area contributed by atoms with Crippen LogP contribution in [0.2, 0.25) is 0 Å². The van der Waals surface area contributed by atoms with Crippen molar-refractivity contribution >= 4 is 15.8 Å². The van der Waals surface area contributed by atoms with Crippen LogP contribution in [0.15, 0.2) is 35.2 Å². The fraction of sp³-hybridized carbons (Fsp3) is 0.400. The zero-order valence-corrected chi connectivity index (χ0v) is 13.4. The summed E-state index contributed by atoms with van der Waals surface area (Å²) in [6.07, 6.45) is 1.99. The zero-order chi connectivity index (χ0) is 15.5. The van der Waals surface area contributed by atoms with E-state index in [9.17, 15) is 8.42 Å². The molecule has 5 nitrogen and oxygen atoms in total. The molecule has 2 N–H and O–H groups in total. The van der Waals surface area contributed by atoms with Crippen molar-refractivity contribution in [1.82, 2.24) is 10.2 Å². The van der Waals surface area contributed by atoms with Crippen LogP contribution in [0.25, 0.3) is 0 Å². The molecule has 21 heavy (non-hydrogen) atoms. The third-order valence-corrected chi connectivity index (χ3v) is 4.60. The Labute approximate surface area is 125 Å². The fourth-order valence-electron chi connectivity index (χ4n) is 2.01. The molecule has 0 atom stereocenters. The lowest BCUT2D eigenvalue weighted by Gasteiger charge is -2.06. The Hall–Kier alpha value is -1.82. The van der Waals surface area contributed by atoms with Gasteiger partial charge in [0, 0.05) is 11.8 Å². The first-order chi connectivity index (χ1) is 9.92. The highest BCUT2D eigenvalue weighted by Crippen LogP contribution is 2.19. The van der Waals surface area contributed by atoms with E-state index in [0.29, 0.717) is 5.82 Å². The molecule has 0 aliphatic heterocycles. The summed E-state index contributed by atoms with van der Waals surface area (Å²) in [6, 6.07) is 8.67. The van der Waals surface area contributed by atoms with Gasteiger partial charge in [0.25, 0.3) is 10.0 Å².